The van der Waals surface area contributed by atoms with E-state index in [2.05, 4.69) is 22.0 Å². The minimum absolute atomic E-state index is 0.238. The topological polar surface area (TPSA) is 18.1 Å². The minimum atomic E-state index is -0.238. The summed E-state index contributed by atoms with van der Waals surface area (Å²) in [6.07, 6.45) is 0. The van der Waals surface area contributed by atoms with Crippen LogP contribution in [0.2, 0.25) is 0 Å². The van der Waals surface area contributed by atoms with Gasteiger partial charge in [-0.1, -0.05) is 48.5 Å². The number of rotatable bonds is 1. The number of nitrogens with zero attached hydrogens (tertiary/aromatic N) is 1. The first kappa shape index (κ1) is 15.9. The lowest BCUT2D eigenvalue weighted by Gasteiger charge is -2.11. The lowest BCUT2D eigenvalue weighted by atomic mass is 10.1. The molecule has 0 amide bonds. The van der Waals surface area contributed by atoms with E-state index in [1.165, 1.54) is 6.07 Å². The standard InChI is InChI=1S/C24H13BrFNO/c25-18-13-23-17(15-7-2-4-11-22(15)28-23)12-21(18)27-20-10-3-1-6-14(20)16-8-5-9-19(26)24(16)27/h1-13H. The van der Waals surface area contributed by atoms with E-state index in [-0.39, 0.29) is 5.82 Å². The van der Waals surface area contributed by atoms with Crippen molar-refractivity contribution < 1.29 is 8.81 Å². The summed E-state index contributed by atoms with van der Waals surface area (Å²) in [5, 5.41) is 3.99. The molecule has 0 unspecified atom stereocenters. The molecular formula is C24H13BrFNO. The molecule has 0 N–H and O–H groups in total. The second-order valence-electron chi connectivity index (χ2n) is 6.89. The normalized spacial score (nSPS) is 11.9. The highest BCUT2D eigenvalue weighted by atomic mass is 79.9. The van der Waals surface area contributed by atoms with Crippen molar-refractivity contribution in [2.24, 2.45) is 0 Å². The van der Waals surface area contributed by atoms with Gasteiger partial charge in [-0.15, -0.1) is 0 Å². The van der Waals surface area contributed by atoms with Crippen LogP contribution in [-0.2, 0) is 0 Å². The highest BCUT2D eigenvalue weighted by Gasteiger charge is 2.18. The van der Waals surface area contributed by atoms with Gasteiger partial charge in [0, 0.05) is 26.0 Å². The Balaban J connectivity index is 1.81. The van der Waals surface area contributed by atoms with Gasteiger partial charge in [-0.3, -0.25) is 0 Å². The number of benzene rings is 4. The summed E-state index contributed by atoms with van der Waals surface area (Å²) in [6.45, 7) is 0. The van der Waals surface area contributed by atoms with Crippen molar-refractivity contribution in [2.45, 2.75) is 0 Å². The van der Waals surface area contributed by atoms with Gasteiger partial charge in [-0.25, -0.2) is 4.39 Å². The molecule has 28 heavy (non-hydrogen) atoms. The maximum absolute atomic E-state index is 15.0. The minimum Gasteiger partial charge on any atom is -0.456 e. The van der Waals surface area contributed by atoms with Crippen LogP contribution in [0.3, 0.4) is 0 Å². The third-order valence-corrected chi connectivity index (χ3v) is 5.97. The Hall–Kier alpha value is -3.11. The van der Waals surface area contributed by atoms with Gasteiger partial charge < -0.3 is 8.98 Å². The number of hydrogen-bond donors (Lipinski definition) is 0. The van der Waals surface area contributed by atoms with Crippen LogP contribution in [-0.4, -0.2) is 4.57 Å². The van der Waals surface area contributed by atoms with Crippen molar-refractivity contribution >= 4 is 59.7 Å². The molecule has 0 atom stereocenters. The fourth-order valence-corrected chi connectivity index (χ4v) is 4.63. The fraction of sp³-hybridized carbons (Fsp3) is 0. The number of furan rings is 1. The van der Waals surface area contributed by atoms with Crippen LogP contribution < -0.4 is 0 Å². The molecule has 134 valence electrons. The average molecular weight is 430 g/mol. The van der Waals surface area contributed by atoms with Gasteiger partial charge in [0.05, 0.1) is 16.7 Å². The second kappa shape index (κ2) is 5.69. The Labute approximate surface area is 167 Å². The maximum Gasteiger partial charge on any atom is 0.147 e. The van der Waals surface area contributed by atoms with Crippen molar-refractivity contribution in [1.82, 2.24) is 4.57 Å². The van der Waals surface area contributed by atoms with Gasteiger partial charge in [-0.05, 0) is 46.3 Å². The average Bonchev–Trinajstić information content (AvgIpc) is 3.23. The number of aromatic nitrogens is 1. The summed E-state index contributed by atoms with van der Waals surface area (Å²) in [6, 6.07) is 25.3. The highest BCUT2D eigenvalue weighted by molar-refractivity contribution is 9.10. The van der Waals surface area contributed by atoms with Crippen LogP contribution in [0.4, 0.5) is 4.39 Å². The maximum atomic E-state index is 15.0. The lowest BCUT2D eigenvalue weighted by Crippen LogP contribution is -1.97. The van der Waals surface area contributed by atoms with Gasteiger partial charge >= 0.3 is 0 Å². The molecule has 0 radical (unpaired) electrons. The highest BCUT2D eigenvalue weighted by Crippen LogP contribution is 2.39. The molecule has 2 heterocycles. The Bertz CT molecular complexity index is 1540. The van der Waals surface area contributed by atoms with E-state index in [1.807, 2.05) is 65.2 Å². The first-order valence-electron chi connectivity index (χ1n) is 9.01. The molecule has 6 aromatic rings. The zero-order valence-corrected chi connectivity index (χ0v) is 16.2. The first-order valence-corrected chi connectivity index (χ1v) is 9.80. The van der Waals surface area contributed by atoms with Crippen molar-refractivity contribution in [3.8, 4) is 5.69 Å². The molecule has 0 aliphatic heterocycles. The number of para-hydroxylation sites is 3. The van der Waals surface area contributed by atoms with E-state index in [0.29, 0.717) is 5.52 Å². The van der Waals surface area contributed by atoms with Crippen molar-refractivity contribution in [1.29, 1.82) is 0 Å². The molecule has 2 aromatic heterocycles. The molecule has 2 nitrogen and oxygen atoms in total. The second-order valence-corrected chi connectivity index (χ2v) is 7.74. The quantitative estimate of drug-likeness (QED) is 0.263. The Morgan fingerprint density at radius 1 is 0.714 bits per heavy atom. The number of fused-ring (bicyclic) bond motifs is 6. The van der Waals surface area contributed by atoms with E-state index in [0.717, 1.165) is 48.4 Å². The van der Waals surface area contributed by atoms with Crippen LogP contribution in [0.15, 0.2) is 87.8 Å². The monoisotopic (exact) mass is 429 g/mol. The molecule has 0 aliphatic rings. The molecule has 4 aromatic carbocycles. The summed E-state index contributed by atoms with van der Waals surface area (Å²) in [5.41, 5.74) is 4.08. The molecule has 0 bridgehead atoms. The molecule has 4 heteroatoms. The zero-order valence-electron chi connectivity index (χ0n) is 14.6. The predicted molar refractivity (Wildman–Crippen MR) is 116 cm³/mol. The summed E-state index contributed by atoms with van der Waals surface area (Å²) in [5.74, 6) is -0.238. The van der Waals surface area contributed by atoms with E-state index in [9.17, 15) is 4.39 Å². The van der Waals surface area contributed by atoms with Crippen LogP contribution in [0, 0.1) is 5.82 Å². The molecule has 0 saturated heterocycles. The smallest absolute Gasteiger partial charge is 0.147 e. The van der Waals surface area contributed by atoms with Crippen LogP contribution >= 0.6 is 15.9 Å². The largest absolute Gasteiger partial charge is 0.456 e. The van der Waals surface area contributed by atoms with E-state index in [4.69, 9.17) is 4.42 Å². The van der Waals surface area contributed by atoms with Crippen LogP contribution in [0.25, 0.3) is 49.4 Å². The Kier molecular flexibility index (Phi) is 3.23. The van der Waals surface area contributed by atoms with Gasteiger partial charge in [0.1, 0.15) is 17.0 Å². The molecule has 6 rings (SSSR count). The molecular weight excluding hydrogens is 417 g/mol. The molecule has 0 spiro atoms. The third-order valence-electron chi connectivity index (χ3n) is 5.33. The summed E-state index contributed by atoms with van der Waals surface area (Å²) < 4.78 is 23.8. The predicted octanol–water partition coefficient (Wildman–Crippen LogP) is 7.58. The van der Waals surface area contributed by atoms with Crippen molar-refractivity contribution in [3.05, 3.63) is 89.2 Å². The van der Waals surface area contributed by atoms with Crippen molar-refractivity contribution in [2.75, 3.05) is 0 Å². The molecule has 0 saturated carbocycles. The third kappa shape index (κ3) is 2.06. The van der Waals surface area contributed by atoms with Gasteiger partial charge in [-0.2, -0.15) is 0 Å². The summed E-state index contributed by atoms with van der Waals surface area (Å²) in [4.78, 5) is 0. The first-order chi connectivity index (χ1) is 13.7. The van der Waals surface area contributed by atoms with Gasteiger partial charge in [0.25, 0.3) is 0 Å². The lowest BCUT2D eigenvalue weighted by molar-refractivity contribution is 0.635. The summed E-state index contributed by atoms with van der Waals surface area (Å²) in [7, 11) is 0. The summed E-state index contributed by atoms with van der Waals surface area (Å²) >= 11 is 3.69. The molecule has 0 aliphatic carbocycles. The number of hydrogen-bond acceptors (Lipinski definition) is 1. The Morgan fingerprint density at radius 2 is 1.46 bits per heavy atom. The number of halogens is 2. The SMILES string of the molecule is Fc1cccc2c3ccccc3n(-c3cc4c(cc3Br)oc3ccccc34)c12. The van der Waals surface area contributed by atoms with E-state index in [1.54, 1.807) is 6.07 Å². The fourth-order valence-electron chi connectivity index (χ4n) is 4.13. The van der Waals surface area contributed by atoms with Crippen molar-refractivity contribution in [3.63, 3.8) is 0 Å². The van der Waals surface area contributed by atoms with E-state index >= 15 is 0 Å². The van der Waals surface area contributed by atoms with Crippen LogP contribution in [0.1, 0.15) is 0 Å². The van der Waals surface area contributed by atoms with Crippen LogP contribution in [0.5, 0.6) is 0 Å². The van der Waals surface area contributed by atoms with Gasteiger partial charge in [0.15, 0.2) is 0 Å². The Morgan fingerprint density at radius 3 is 2.36 bits per heavy atom. The zero-order chi connectivity index (χ0) is 18.8. The van der Waals surface area contributed by atoms with E-state index < -0.39 is 0 Å². The molecule has 0 fully saturated rings. The van der Waals surface area contributed by atoms with Gasteiger partial charge in [0.2, 0.25) is 0 Å².